The number of Topliss-reactive ketones (excluding diaryl/α,β-unsaturated/α-hetero) is 1. The van der Waals surface area contributed by atoms with E-state index in [1.54, 1.807) is 17.0 Å². The normalized spacial score (nSPS) is 17.1. The van der Waals surface area contributed by atoms with Crippen molar-refractivity contribution in [3.63, 3.8) is 0 Å². The number of piperidine rings is 1. The summed E-state index contributed by atoms with van der Waals surface area (Å²) >= 11 is 0. The number of methoxy groups -OCH3 is 2. The van der Waals surface area contributed by atoms with E-state index in [0.717, 1.165) is 18.4 Å². The van der Waals surface area contributed by atoms with Crippen LogP contribution < -0.4 is 18.9 Å². The summed E-state index contributed by atoms with van der Waals surface area (Å²) in [6.45, 7) is 1.08. The van der Waals surface area contributed by atoms with Crippen molar-refractivity contribution in [3.8, 4) is 28.7 Å². The van der Waals surface area contributed by atoms with Gasteiger partial charge in [-0.05, 0) is 30.5 Å². The second kappa shape index (κ2) is 11.0. The molecule has 2 atom stereocenters. The highest BCUT2D eigenvalue weighted by atomic mass is 16.7. The molecule has 8 heteroatoms. The SMILES string of the molecule is COc1cc(O)c(C(CC(=O)N2CCCC(C(=O)c3ccccc3)C2)c2ccc3c(c2)OCO3)c(OC)c1. The fourth-order valence-corrected chi connectivity index (χ4v) is 5.30. The first kappa shape index (κ1) is 25.4. The molecular formula is C30H31NO7. The van der Waals surface area contributed by atoms with Crippen LogP contribution in [0.15, 0.2) is 60.7 Å². The van der Waals surface area contributed by atoms with E-state index in [9.17, 15) is 14.7 Å². The molecule has 0 spiro atoms. The third-order valence-corrected chi connectivity index (χ3v) is 7.28. The zero-order valence-corrected chi connectivity index (χ0v) is 21.5. The van der Waals surface area contributed by atoms with E-state index < -0.39 is 5.92 Å². The smallest absolute Gasteiger partial charge is 0.231 e. The van der Waals surface area contributed by atoms with Crippen LogP contribution in [0.2, 0.25) is 0 Å². The van der Waals surface area contributed by atoms with Crippen molar-refractivity contribution in [3.05, 3.63) is 77.4 Å². The van der Waals surface area contributed by atoms with Crippen molar-refractivity contribution in [2.75, 3.05) is 34.1 Å². The maximum absolute atomic E-state index is 13.7. The van der Waals surface area contributed by atoms with Gasteiger partial charge < -0.3 is 29.0 Å². The largest absolute Gasteiger partial charge is 0.507 e. The zero-order valence-electron chi connectivity index (χ0n) is 21.5. The fraction of sp³-hybridized carbons (Fsp3) is 0.333. The summed E-state index contributed by atoms with van der Waals surface area (Å²) in [6.07, 6.45) is 1.57. The van der Waals surface area contributed by atoms with Crippen LogP contribution in [0, 0.1) is 5.92 Å². The minimum atomic E-state index is -0.539. The van der Waals surface area contributed by atoms with Crippen molar-refractivity contribution in [1.29, 1.82) is 0 Å². The van der Waals surface area contributed by atoms with Gasteiger partial charge in [0.05, 0.1) is 14.2 Å². The Kier molecular flexibility index (Phi) is 7.40. The number of likely N-dealkylation sites (tertiary alicyclic amines) is 1. The molecule has 198 valence electrons. The number of benzene rings is 3. The van der Waals surface area contributed by atoms with E-state index in [1.165, 1.54) is 20.3 Å². The molecule has 0 radical (unpaired) electrons. The van der Waals surface area contributed by atoms with Crippen LogP contribution in [0.25, 0.3) is 0 Å². The average Bonchev–Trinajstić information content (AvgIpc) is 3.44. The molecule has 2 aliphatic heterocycles. The number of ether oxygens (including phenoxy) is 4. The lowest BCUT2D eigenvalue weighted by atomic mass is 9.85. The second-order valence-corrected chi connectivity index (χ2v) is 9.54. The number of carbonyl (C=O) groups is 2. The maximum atomic E-state index is 13.7. The number of phenols is 1. The quantitative estimate of drug-likeness (QED) is 0.430. The molecule has 2 aliphatic rings. The summed E-state index contributed by atoms with van der Waals surface area (Å²) in [5, 5.41) is 11.0. The van der Waals surface area contributed by atoms with Crippen LogP contribution in [-0.4, -0.2) is 55.8 Å². The molecule has 0 aromatic heterocycles. The van der Waals surface area contributed by atoms with Crippen molar-refractivity contribution in [1.82, 2.24) is 4.90 Å². The molecule has 1 amide bonds. The number of amides is 1. The third kappa shape index (κ3) is 5.11. The van der Waals surface area contributed by atoms with Gasteiger partial charge in [0.15, 0.2) is 17.3 Å². The Morgan fingerprint density at radius 1 is 1.03 bits per heavy atom. The molecule has 5 rings (SSSR count). The van der Waals surface area contributed by atoms with Crippen LogP contribution >= 0.6 is 0 Å². The Bertz CT molecular complexity index is 1320. The minimum Gasteiger partial charge on any atom is -0.507 e. The molecule has 0 aliphatic carbocycles. The van der Waals surface area contributed by atoms with Crippen LogP contribution in [0.5, 0.6) is 28.7 Å². The maximum Gasteiger partial charge on any atom is 0.231 e. The molecule has 2 heterocycles. The van der Waals surface area contributed by atoms with Gasteiger partial charge in [0.1, 0.15) is 17.2 Å². The van der Waals surface area contributed by atoms with Crippen LogP contribution in [0.4, 0.5) is 0 Å². The summed E-state index contributed by atoms with van der Waals surface area (Å²) in [6, 6.07) is 17.9. The number of hydrogen-bond acceptors (Lipinski definition) is 7. The van der Waals surface area contributed by atoms with Gasteiger partial charge in [0.2, 0.25) is 12.7 Å². The highest BCUT2D eigenvalue weighted by Gasteiger charge is 2.33. The van der Waals surface area contributed by atoms with Gasteiger partial charge >= 0.3 is 0 Å². The lowest BCUT2D eigenvalue weighted by molar-refractivity contribution is -0.132. The molecule has 3 aromatic rings. The summed E-state index contributed by atoms with van der Waals surface area (Å²) in [7, 11) is 3.02. The summed E-state index contributed by atoms with van der Waals surface area (Å²) in [5.41, 5.74) is 1.92. The Hall–Kier alpha value is -4.20. The number of phenolic OH excluding ortho intramolecular Hbond substituents is 1. The fourth-order valence-electron chi connectivity index (χ4n) is 5.30. The topological polar surface area (TPSA) is 94.5 Å². The molecule has 3 aromatic carbocycles. The Labute approximate surface area is 221 Å². The van der Waals surface area contributed by atoms with Crippen molar-refractivity contribution in [2.45, 2.75) is 25.2 Å². The Morgan fingerprint density at radius 2 is 1.82 bits per heavy atom. The van der Waals surface area contributed by atoms with Gasteiger partial charge in [0, 0.05) is 54.6 Å². The molecule has 0 saturated carbocycles. The van der Waals surface area contributed by atoms with E-state index in [0.29, 0.717) is 47.2 Å². The standard InChI is InChI=1S/C30H31NO7/c1-35-22-14-24(32)29(27(15-22)36-2)23(20-10-11-25-26(13-20)38-18-37-25)16-28(33)31-12-6-9-21(17-31)30(34)19-7-4-3-5-8-19/h3-5,7-8,10-11,13-15,21,23,32H,6,9,12,16-18H2,1-2H3. The molecule has 0 bridgehead atoms. The Balaban J connectivity index is 1.44. The lowest BCUT2D eigenvalue weighted by Crippen LogP contribution is -2.42. The van der Waals surface area contributed by atoms with E-state index in [1.807, 2.05) is 42.5 Å². The van der Waals surface area contributed by atoms with Crippen LogP contribution in [0.1, 0.15) is 46.7 Å². The van der Waals surface area contributed by atoms with Gasteiger partial charge in [-0.1, -0.05) is 36.4 Å². The number of aromatic hydroxyl groups is 1. The van der Waals surface area contributed by atoms with Gasteiger partial charge in [-0.2, -0.15) is 0 Å². The number of rotatable bonds is 8. The number of carbonyl (C=O) groups excluding carboxylic acids is 2. The second-order valence-electron chi connectivity index (χ2n) is 9.54. The summed E-state index contributed by atoms with van der Waals surface area (Å²) in [5.74, 6) is 1.20. The van der Waals surface area contributed by atoms with Gasteiger partial charge in [-0.25, -0.2) is 0 Å². The zero-order chi connectivity index (χ0) is 26.6. The molecule has 8 nitrogen and oxygen atoms in total. The average molecular weight is 518 g/mol. The van der Waals surface area contributed by atoms with E-state index in [4.69, 9.17) is 18.9 Å². The molecular weight excluding hydrogens is 486 g/mol. The molecule has 1 fully saturated rings. The third-order valence-electron chi connectivity index (χ3n) is 7.28. The highest BCUT2D eigenvalue weighted by molar-refractivity contribution is 5.98. The molecule has 1 N–H and O–H groups in total. The van der Waals surface area contributed by atoms with E-state index in [-0.39, 0.29) is 36.6 Å². The van der Waals surface area contributed by atoms with Crippen LogP contribution in [0.3, 0.4) is 0 Å². The first-order chi connectivity index (χ1) is 18.5. The van der Waals surface area contributed by atoms with Crippen molar-refractivity contribution >= 4 is 11.7 Å². The number of hydrogen-bond donors (Lipinski definition) is 1. The van der Waals surface area contributed by atoms with Crippen molar-refractivity contribution < 1.29 is 33.6 Å². The molecule has 2 unspecified atom stereocenters. The monoisotopic (exact) mass is 517 g/mol. The van der Waals surface area contributed by atoms with E-state index >= 15 is 0 Å². The first-order valence-electron chi connectivity index (χ1n) is 12.7. The van der Waals surface area contributed by atoms with E-state index in [2.05, 4.69) is 0 Å². The first-order valence-corrected chi connectivity index (χ1v) is 12.7. The lowest BCUT2D eigenvalue weighted by Gasteiger charge is -2.33. The highest BCUT2D eigenvalue weighted by Crippen LogP contribution is 2.45. The summed E-state index contributed by atoms with van der Waals surface area (Å²) in [4.78, 5) is 28.6. The number of fused-ring (bicyclic) bond motifs is 1. The summed E-state index contributed by atoms with van der Waals surface area (Å²) < 4.78 is 22.0. The number of ketones is 1. The molecule has 1 saturated heterocycles. The van der Waals surface area contributed by atoms with Gasteiger partial charge in [-0.15, -0.1) is 0 Å². The Morgan fingerprint density at radius 3 is 2.58 bits per heavy atom. The predicted octanol–water partition coefficient (Wildman–Crippen LogP) is 4.78. The predicted molar refractivity (Wildman–Crippen MR) is 140 cm³/mol. The van der Waals surface area contributed by atoms with Crippen molar-refractivity contribution in [2.24, 2.45) is 5.92 Å². The minimum absolute atomic E-state index is 0.0348. The van der Waals surface area contributed by atoms with Crippen LogP contribution in [-0.2, 0) is 4.79 Å². The number of nitrogens with zero attached hydrogens (tertiary/aromatic N) is 1. The van der Waals surface area contributed by atoms with Gasteiger partial charge in [0.25, 0.3) is 0 Å². The molecule has 38 heavy (non-hydrogen) atoms. The van der Waals surface area contributed by atoms with Gasteiger partial charge in [-0.3, -0.25) is 9.59 Å².